The van der Waals surface area contributed by atoms with Crippen LogP contribution in [0.1, 0.15) is 45.6 Å². The van der Waals surface area contributed by atoms with E-state index in [0.29, 0.717) is 5.92 Å². The van der Waals surface area contributed by atoms with Crippen LogP contribution in [0.2, 0.25) is 0 Å². The molecule has 2 fully saturated rings. The monoisotopic (exact) mass is 260 g/mol. The summed E-state index contributed by atoms with van der Waals surface area (Å²) < 4.78 is 5.51. The van der Waals surface area contributed by atoms with Crippen LogP contribution in [0.15, 0.2) is 24.3 Å². The summed E-state index contributed by atoms with van der Waals surface area (Å²) in [6, 6.07) is 7.96. The van der Waals surface area contributed by atoms with Crippen molar-refractivity contribution in [1.82, 2.24) is 0 Å². The maximum absolute atomic E-state index is 11.7. The molecular formula is C17H24O2. The Morgan fingerprint density at radius 2 is 1.89 bits per heavy atom. The van der Waals surface area contributed by atoms with Crippen molar-refractivity contribution in [3.8, 4) is 5.75 Å². The van der Waals surface area contributed by atoms with E-state index in [1.54, 1.807) is 7.11 Å². The molecule has 104 valence electrons. The molecule has 2 bridgehead atoms. The third-order valence-electron chi connectivity index (χ3n) is 6.06. The van der Waals surface area contributed by atoms with Crippen molar-refractivity contribution in [1.29, 1.82) is 0 Å². The lowest BCUT2D eigenvalue weighted by atomic mass is 9.57. The van der Waals surface area contributed by atoms with Gasteiger partial charge in [0.1, 0.15) is 11.4 Å². The van der Waals surface area contributed by atoms with E-state index >= 15 is 0 Å². The molecule has 2 nitrogen and oxygen atoms in total. The summed E-state index contributed by atoms with van der Waals surface area (Å²) in [5, 5.41) is 11.7. The van der Waals surface area contributed by atoms with E-state index in [4.69, 9.17) is 4.74 Å². The van der Waals surface area contributed by atoms with Crippen LogP contribution in [-0.2, 0) is 5.60 Å². The molecule has 2 aliphatic rings. The smallest absolute Gasteiger partial charge is 0.124 e. The molecule has 0 aliphatic heterocycles. The molecule has 0 spiro atoms. The average Bonchev–Trinajstić information content (AvgIpc) is 2.86. The van der Waals surface area contributed by atoms with E-state index in [1.807, 2.05) is 24.3 Å². The van der Waals surface area contributed by atoms with Crippen LogP contribution in [0.3, 0.4) is 0 Å². The number of aliphatic hydroxyl groups is 1. The highest BCUT2D eigenvalue weighted by Crippen LogP contribution is 2.72. The van der Waals surface area contributed by atoms with E-state index in [2.05, 4.69) is 20.8 Å². The van der Waals surface area contributed by atoms with Crippen LogP contribution < -0.4 is 4.74 Å². The minimum absolute atomic E-state index is 0.0319. The Hall–Kier alpha value is -1.02. The fourth-order valence-electron chi connectivity index (χ4n) is 4.87. The zero-order chi connectivity index (χ0) is 13.9. The second kappa shape index (κ2) is 3.76. The molecule has 1 aromatic carbocycles. The molecule has 3 atom stereocenters. The lowest BCUT2D eigenvalue weighted by molar-refractivity contribution is -0.151. The van der Waals surface area contributed by atoms with Gasteiger partial charge in [-0.15, -0.1) is 0 Å². The van der Waals surface area contributed by atoms with Crippen molar-refractivity contribution < 1.29 is 9.84 Å². The van der Waals surface area contributed by atoms with Crippen LogP contribution in [0.25, 0.3) is 0 Å². The lowest BCUT2D eigenvalue weighted by Crippen LogP contribution is -2.51. The molecule has 0 aromatic heterocycles. The van der Waals surface area contributed by atoms with E-state index in [0.717, 1.165) is 24.2 Å². The molecule has 1 aromatic rings. The first-order valence-corrected chi connectivity index (χ1v) is 7.23. The predicted octanol–water partition coefficient (Wildman–Crippen LogP) is 3.73. The number of hydrogen-bond acceptors (Lipinski definition) is 2. The number of fused-ring (bicyclic) bond motifs is 2. The van der Waals surface area contributed by atoms with Gasteiger partial charge in [0.15, 0.2) is 0 Å². The molecule has 0 saturated heterocycles. The zero-order valence-electron chi connectivity index (χ0n) is 12.4. The summed E-state index contributed by atoms with van der Waals surface area (Å²) in [6.45, 7) is 6.68. The summed E-state index contributed by atoms with van der Waals surface area (Å²) in [4.78, 5) is 0. The molecule has 2 heteroatoms. The third kappa shape index (κ3) is 1.36. The number of benzene rings is 1. The molecule has 19 heavy (non-hydrogen) atoms. The fraction of sp³-hybridized carbons (Fsp3) is 0.647. The second-order valence-electron chi connectivity index (χ2n) is 7.13. The van der Waals surface area contributed by atoms with Gasteiger partial charge in [-0.3, -0.25) is 0 Å². The van der Waals surface area contributed by atoms with Crippen molar-refractivity contribution in [2.75, 3.05) is 7.11 Å². The summed E-state index contributed by atoms with van der Waals surface area (Å²) in [6.07, 6.45) is 3.46. The van der Waals surface area contributed by atoms with Crippen LogP contribution >= 0.6 is 0 Å². The average molecular weight is 260 g/mol. The number of rotatable bonds is 2. The van der Waals surface area contributed by atoms with Crippen LogP contribution in [-0.4, -0.2) is 12.2 Å². The first-order valence-electron chi connectivity index (χ1n) is 7.23. The Balaban J connectivity index is 2.22. The SMILES string of the molecule is COc1ccccc1C1(O)C2(C)CCC(C2)C1(C)C. The molecule has 2 saturated carbocycles. The van der Waals surface area contributed by atoms with E-state index in [9.17, 15) is 5.11 Å². The number of ether oxygens (including phenoxy) is 1. The second-order valence-corrected chi connectivity index (χ2v) is 7.13. The molecular weight excluding hydrogens is 236 g/mol. The van der Waals surface area contributed by atoms with Gasteiger partial charge in [0, 0.05) is 16.4 Å². The van der Waals surface area contributed by atoms with Crippen LogP contribution in [0.4, 0.5) is 0 Å². The standard InChI is InChI=1S/C17H24O2/c1-15(2)12-9-10-16(3,11-12)17(15,18)13-7-5-6-8-14(13)19-4/h5-8,12,18H,9-11H2,1-4H3. The van der Waals surface area contributed by atoms with Crippen molar-refractivity contribution in [2.45, 2.75) is 45.6 Å². The van der Waals surface area contributed by atoms with Gasteiger partial charge in [0.2, 0.25) is 0 Å². The Morgan fingerprint density at radius 1 is 1.21 bits per heavy atom. The number of para-hydroxylation sites is 1. The Morgan fingerprint density at radius 3 is 2.47 bits per heavy atom. The van der Waals surface area contributed by atoms with E-state index in [1.165, 1.54) is 6.42 Å². The van der Waals surface area contributed by atoms with Crippen LogP contribution in [0.5, 0.6) is 5.75 Å². The maximum Gasteiger partial charge on any atom is 0.124 e. The first kappa shape index (κ1) is 13.0. The zero-order valence-corrected chi connectivity index (χ0v) is 12.4. The molecule has 2 aliphatic carbocycles. The molecule has 0 radical (unpaired) electrons. The molecule has 0 amide bonds. The highest BCUT2D eigenvalue weighted by Gasteiger charge is 2.69. The fourth-order valence-corrected chi connectivity index (χ4v) is 4.87. The Kier molecular flexibility index (Phi) is 2.57. The number of hydrogen-bond donors (Lipinski definition) is 1. The molecule has 1 N–H and O–H groups in total. The van der Waals surface area contributed by atoms with Gasteiger partial charge in [0.25, 0.3) is 0 Å². The molecule has 3 rings (SSSR count). The van der Waals surface area contributed by atoms with Crippen molar-refractivity contribution >= 4 is 0 Å². The van der Waals surface area contributed by atoms with Crippen molar-refractivity contribution in [2.24, 2.45) is 16.7 Å². The summed E-state index contributed by atoms with van der Waals surface area (Å²) in [5.41, 5.74) is 0.0344. The van der Waals surface area contributed by atoms with Gasteiger partial charge >= 0.3 is 0 Å². The first-order chi connectivity index (χ1) is 8.87. The predicted molar refractivity (Wildman–Crippen MR) is 76.1 cm³/mol. The van der Waals surface area contributed by atoms with E-state index < -0.39 is 5.60 Å². The lowest BCUT2D eigenvalue weighted by Gasteiger charge is -2.51. The largest absolute Gasteiger partial charge is 0.496 e. The molecule has 3 unspecified atom stereocenters. The Bertz CT molecular complexity index is 501. The molecule has 0 heterocycles. The maximum atomic E-state index is 11.7. The van der Waals surface area contributed by atoms with Gasteiger partial charge in [-0.1, -0.05) is 39.0 Å². The van der Waals surface area contributed by atoms with Crippen molar-refractivity contribution in [3.63, 3.8) is 0 Å². The van der Waals surface area contributed by atoms with Gasteiger partial charge in [-0.2, -0.15) is 0 Å². The van der Waals surface area contributed by atoms with Gasteiger partial charge in [-0.25, -0.2) is 0 Å². The van der Waals surface area contributed by atoms with Gasteiger partial charge in [0.05, 0.1) is 7.11 Å². The highest BCUT2D eigenvalue weighted by atomic mass is 16.5. The topological polar surface area (TPSA) is 29.5 Å². The third-order valence-corrected chi connectivity index (χ3v) is 6.06. The van der Waals surface area contributed by atoms with Crippen molar-refractivity contribution in [3.05, 3.63) is 29.8 Å². The minimum Gasteiger partial charge on any atom is -0.496 e. The highest BCUT2D eigenvalue weighted by molar-refractivity contribution is 5.43. The van der Waals surface area contributed by atoms with Gasteiger partial charge < -0.3 is 9.84 Å². The minimum atomic E-state index is -0.796. The quantitative estimate of drug-likeness (QED) is 0.878. The number of methoxy groups -OCH3 is 1. The van der Waals surface area contributed by atoms with E-state index in [-0.39, 0.29) is 10.8 Å². The summed E-state index contributed by atoms with van der Waals surface area (Å²) >= 11 is 0. The summed E-state index contributed by atoms with van der Waals surface area (Å²) in [7, 11) is 1.69. The van der Waals surface area contributed by atoms with Gasteiger partial charge in [-0.05, 0) is 31.2 Å². The Labute approximate surface area is 115 Å². The normalized spacial score (nSPS) is 39.5. The summed E-state index contributed by atoms with van der Waals surface area (Å²) in [5.74, 6) is 1.42. The van der Waals surface area contributed by atoms with Crippen LogP contribution in [0, 0.1) is 16.7 Å².